The summed E-state index contributed by atoms with van der Waals surface area (Å²) in [5, 5.41) is 13.4. The third-order valence-electron chi connectivity index (χ3n) is 5.22. The number of hydrogen-bond donors (Lipinski definition) is 1. The molecule has 0 spiro atoms. The van der Waals surface area contributed by atoms with Crippen LogP contribution < -0.4 is 5.56 Å². The molecule has 2 fully saturated rings. The van der Waals surface area contributed by atoms with Gasteiger partial charge in [0.15, 0.2) is 9.84 Å². The van der Waals surface area contributed by atoms with E-state index in [0.717, 1.165) is 10.2 Å². The second-order valence-corrected chi connectivity index (χ2v) is 9.12. The predicted molar refractivity (Wildman–Crippen MR) is 94.6 cm³/mol. The van der Waals surface area contributed by atoms with E-state index in [2.05, 4.69) is 5.10 Å². The van der Waals surface area contributed by atoms with Gasteiger partial charge in [-0.1, -0.05) is 0 Å². The topological polar surface area (TPSA) is 113 Å². The quantitative estimate of drug-likeness (QED) is 0.649. The third-order valence-corrected chi connectivity index (χ3v) is 6.92. The zero-order chi connectivity index (χ0) is 19.1. The van der Waals surface area contributed by atoms with E-state index in [0.29, 0.717) is 25.3 Å². The first-order valence-corrected chi connectivity index (χ1v) is 10.4. The third kappa shape index (κ3) is 3.67. The molecule has 2 saturated heterocycles. The SMILES string of the molecule is Cc1cc(=O)n(CC(=O)N2CCN(CCO)[C@@H]3CS(=O)(=O)C[C@@H]32)nc1C. The highest BCUT2D eigenvalue weighted by atomic mass is 32.2. The number of aryl methyl sites for hydroxylation is 2. The summed E-state index contributed by atoms with van der Waals surface area (Å²) >= 11 is 0. The van der Waals surface area contributed by atoms with Gasteiger partial charge in [-0.05, 0) is 19.4 Å². The Balaban J connectivity index is 1.82. The van der Waals surface area contributed by atoms with Crippen LogP contribution in [0.4, 0.5) is 0 Å². The van der Waals surface area contributed by atoms with Crippen molar-refractivity contribution in [3.05, 3.63) is 27.7 Å². The zero-order valence-corrected chi connectivity index (χ0v) is 15.8. The van der Waals surface area contributed by atoms with Crippen LogP contribution >= 0.6 is 0 Å². The van der Waals surface area contributed by atoms with Crippen molar-refractivity contribution in [2.24, 2.45) is 0 Å². The van der Waals surface area contributed by atoms with E-state index in [1.807, 2.05) is 4.90 Å². The van der Waals surface area contributed by atoms with Gasteiger partial charge in [-0.3, -0.25) is 14.5 Å². The molecule has 144 valence electrons. The van der Waals surface area contributed by atoms with Crippen LogP contribution in [0.25, 0.3) is 0 Å². The molecule has 0 aromatic carbocycles. The fourth-order valence-corrected chi connectivity index (χ4v) is 5.76. The van der Waals surface area contributed by atoms with Crippen molar-refractivity contribution in [2.45, 2.75) is 32.5 Å². The molecule has 0 saturated carbocycles. The minimum Gasteiger partial charge on any atom is -0.395 e. The highest BCUT2D eigenvalue weighted by Gasteiger charge is 2.47. The molecule has 0 aliphatic carbocycles. The predicted octanol–water partition coefficient (Wildman–Crippen LogP) is -1.84. The second kappa shape index (κ2) is 7.09. The molecular weight excluding hydrogens is 360 g/mol. The van der Waals surface area contributed by atoms with Gasteiger partial charge in [0.1, 0.15) is 6.54 Å². The van der Waals surface area contributed by atoms with Crippen LogP contribution in [0.15, 0.2) is 10.9 Å². The summed E-state index contributed by atoms with van der Waals surface area (Å²) in [6, 6.07) is 0.682. The molecule has 0 radical (unpaired) electrons. The summed E-state index contributed by atoms with van der Waals surface area (Å²) in [6.07, 6.45) is 0. The Morgan fingerprint density at radius 1 is 1.27 bits per heavy atom. The summed E-state index contributed by atoms with van der Waals surface area (Å²) in [5.74, 6) is -0.400. The largest absolute Gasteiger partial charge is 0.395 e. The molecule has 2 aliphatic heterocycles. The van der Waals surface area contributed by atoms with Crippen molar-refractivity contribution >= 4 is 15.7 Å². The molecule has 3 rings (SSSR count). The number of fused-ring (bicyclic) bond motifs is 1. The molecule has 1 aromatic heterocycles. The van der Waals surface area contributed by atoms with Crippen LogP contribution in [0.1, 0.15) is 11.3 Å². The van der Waals surface area contributed by atoms with Crippen molar-refractivity contribution in [3.63, 3.8) is 0 Å². The number of rotatable bonds is 4. The summed E-state index contributed by atoms with van der Waals surface area (Å²) in [5.41, 5.74) is 1.08. The van der Waals surface area contributed by atoms with Gasteiger partial charge in [-0.25, -0.2) is 13.1 Å². The molecule has 10 heteroatoms. The number of carbonyl (C=O) groups is 1. The molecule has 2 atom stereocenters. The number of β-amino-alcohol motifs (C(OH)–C–C–N with tert-alkyl or cyclic N) is 1. The molecule has 26 heavy (non-hydrogen) atoms. The lowest BCUT2D eigenvalue weighted by Gasteiger charge is -2.43. The fraction of sp³-hybridized carbons (Fsp3) is 0.688. The number of aliphatic hydroxyl groups is 1. The van der Waals surface area contributed by atoms with E-state index in [1.165, 1.54) is 6.07 Å². The van der Waals surface area contributed by atoms with Crippen LogP contribution in [-0.2, 0) is 21.2 Å². The molecule has 0 bridgehead atoms. The first-order valence-electron chi connectivity index (χ1n) is 8.62. The lowest BCUT2D eigenvalue weighted by molar-refractivity contribution is -0.138. The summed E-state index contributed by atoms with van der Waals surface area (Å²) < 4.78 is 25.4. The molecule has 0 unspecified atom stereocenters. The average Bonchev–Trinajstić information content (AvgIpc) is 2.88. The zero-order valence-electron chi connectivity index (χ0n) is 15.0. The van der Waals surface area contributed by atoms with Crippen molar-refractivity contribution in [1.82, 2.24) is 19.6 Å². The monoisotopic (exact) mass is 384 g/mol. The molecule has 1 amide bonds. The van der Waals surface area contributed by atoms with Crippen LogP contribution in [0, 0.1) is 13.8 Å². The molecule has 2 aliphatic rings. The van der Waals surface area contributed by atoms with Crippen molar-refractivity contribution < 1.29 is 18.3 Å². The van der Waals surface area contributed by atoms with Crippen LogP contribution in [0.3, 0.4) is 0 Å². The van der Waals surface area contributed by atoms with Gasteiger partial charge in [0.2, 0.25) is 5.91 Å². The Hall–Kier alpha value is -1.78. The van der Waals surface area contributed by atoms with Crippen LogP contribution in [0.5, 0.6) is 0 Å². The number of sulfone groups is 1. The number of piperazine rings is 1. The average molecular weight is 384 g/mol. The Kier molecular flexibility index (Phi) is 5.18. The van der Waals surface area contributed by atoms with Gasteiger partial charge in [0.05, 0.1) is 29.8 Å². The Morgan fingerprint density at radius 3 is 2.65 bits per heavy atom. The van der Waals surface area contributed by atoms with Crippen molar-refractivity contribution in [3.8, 4) is 0 Å². The maximum Gasteiger partial charge on any atom is 0.267 e. The minimum atomic E-state index is -3.24. The van der Waals surface area contributed by atoms with Gasteiger partial charge in [0, 0.05) is 31.7 Å². The number of nitrogens with zero attached hydrogens (tertiary/aromatic N) is 4. The van der Waals surface area contributed by atoms with E-state index in [1.54, 1.807) is 18.7 Å². The minimum absolute atomic E-state index is 0.0106. The maximum atomic E-state index is 12.8. The fourth-order valence-electron chi connectivity index (χ4n) is 3.75. The highest BCUT2D eigenvalue weighted by Crippen LogP contribution is 2.27. The molecule has 1 aromatic rings. The van der Waals surface area contributed by atoms with Crippen LogP contribution in [0.2, 0.25) is 0 Å². The standard InChI is InChI=1S/C16H24N4O5S/c1-11-7-15(22)20(17-12(11)2)8-16(23)19-4-3-18(5-6-21)13-9-26(24,25)10-14(13)19/h7,13-14,21H,3-6,8-10H2,1-2H3/t13-,14+/m1/s1. The van der Waals surface area contributed by atoms with Crippen LogP contribution in [-0.4, -0.2) is 88.8 Å². The van der Waals surface area contributed by atoms with E-state index >= 15 is 0 Å². The lowest BCUT2D eigenvalue weighted by Crippen LogP contribution is -2.61. The van der Waals surface area contributed by atoms with Gasteiger partial charge in [0.25, 0.3) is 5.56 Å². The second-order valence-electron chi connectivity index (χ2n) is 6.97. The number of carbonyl (C=O) groups excluding carboxylic acids is 1. The molecule has 9 nitrogen and oxygen atoms in total. The summed E-state index contributed by atoms with van der Waals surface area (Å²) in [7, 11) is -3.24. The highest BCUT2D eigenvalue weighted by molar-refractivity contribution is 7.91. The van der Waals surface area contributed by atoms with Gasteiger partial charge in [-0.15, -0.1) is 0 Å². The number of amides is 1. The van der Waals surface area contributed by atoms with Gasteiger partial charge in [-0.2, -0.15) is 5.10 Å². The smallest absolute Gasteiger partial charge is 0.267 e. The first-order chi connectivity index (χ1) is 12.2. The Bertz CT molecular complexity index is 866. The number of aliphatic hydroxyl groups excluding tert-OH is 1. The normalized spacial score (nSPS) is 25.3. The van der Waals surface area contributed by atoms with E-state index < -0.39 is 15.9 Å². The molecule has 3 heterocycles. The van der Waals surface area contributed by atoms with Gasteiger partial charge < -0.3 is 10.0 Å². The maximum absolute atomic E-state index is 12.8. The van der Waals surface area contributed by atoms with E-state index in [4.69, 9.17) is 0 Å². The van der Waals surface area contributed by atoms with E-state index in [-0.39, 0.29) is 42.2 Å². The first kappa shape index (κ1) is 19.0. The lowest BCUT2D eigenvalue weighted by atomic mass is 10.0. The Labute approximate surface area is 152 Å². The van der Waals surface area contributed by atoms with Crippen molar-refractivity contribution in [2.75, 3.05) is 37.7 Å². The van der Waals surface area contributed by atoms with E-state index in [9.17, 15) is 23.1 Å². The van der Waals surface area contributed by atoms with Gasteiger partial charge >= 0.3 is 0 Å². The molecular formula is C16H24N4O5S. The summed E-state index contributed by atoms with van der Waals surface area (Å²) in [4.78, 5) is 28.4. The molecule has 1 N–H and O–H groups in total. The van der Waals surface area contributed by atoms with Crippen molar-refractivity contribution in [1.29, 1.82) is 0 Å². The number of aromatic nitrogens is 2. The number of hydrogen-bond acceptors (Lipinski definition) is 7. The Morgan fingerprint density at radius 2 is 1.96 bits per heavy atom. The summed E-state index contributed by atoms with van der Waals surface area (Å²) in [6.45, 7) is 4.54.